The average Bonchev–Trinajstić information content (AvgIpc) is 2.34. The SMILES string of the molecule is CCNC(CCCC(F)(F)F)C12CC3CC(CC(C3)C1)C2. The molecule has 0 saturated heterocycles. The van der Waals surface area contributed by atoms with E-state index in [2.05, 4.69) is 12.2 Å². The van der Waals surface area contributed by atoms with Crippen molar-refractivity contribution < 1.29 is 13.2 Å². The van der Waals surface area contributed by atoms with Crippen molar-refractivity contribution in [1.82, 2.24) is 5.32 Å². The van der Waals surface area contributed by atoms with E-state index in [-0.39, 0.29) is 6.42 Å². The molecule has 0 aliphatic heterocycles. The van der Waals surface area contributed by atoms with Crippen LogP contribution in [0.3, 0.4) is 0 Å². The maximum absolute atomic E-state index is 12.4. The minimum atomic E-state index is -4.00. The normalized spacial score (nSPS) is 39.7. The second-order valence-corrected chi connectivity index (χ2v) is 7.90. The van der Waals surface area contributed by atoms with E-state index >= 15 is 0 Å². The lowest BCUT2D eigenvalue weighted by atomic mass is 9.47. The average molecular weight is 303 g/mol. The highest BCUT2D eigenvalue weighted by Gasteiger charge is 2.53. The molecule has 4 fully saturated rings. The van der Waals surface area contributed by atoms with E-state index in [0.717, 1.165) is 24.3 Å². The lowest BCUT2D eigenvalue weighted by molar-refractivity contribution is -0.137. The fourth-order valence-corrected chi connectivity index (χ4v) is 5.98. The van der Waals surface area contributed by atoms with Crippen LogP contribution in [0.25, 0.3) is 0 Å². The topological polar surface area (TPSA) is 12.0 Å². The second-order valence-electron chi connectivity index (χ2n) is 7.90. The Morgan fingerprint density at radius 1 is 1.05 bits per heavy atom. The van der Waals surface area contributed by atoms with Crippen molar-refractivity contribution in [3.63, 3.8) is 0 Å². The highest BCUT2D eigenvalue weighted by molar-refractivity contribution is 5.06. The predicted octanol–water partition coefficient (Wildman–Crippen LogP) is 4.91. The maximum Gasteiger partial charge on any atom is 0.389 e. The van der Waals surface area contributed by atoms with Gasteiger partial charge < -0.3 is 5.32 Å². The summed E-state index contributed by atoms with van der Waals surface area (Å²) in [5.41, 5.74) is 0.316. The first-order valence-corrected chi connectivity index (χ1v) is 8.70. The van der Waals surface area contributed by atoms with Crippen LogP contribution in [0.4, 0.5) is 13.2 Å². The van der Waals surface area contributed by atoms with Gasteiger partial charge in [0, 0.05) is 12.5 Å². The Hall–Kier alpha value is -0.250. The molecule has 0 aromatic carbocycles. The zero-order chi connectivity index (χ0) is 15.1. The Balaban J connectivity index is 1.65. The van der Waals surface area contributed by atoms with E-state index in [1.807, 2.05) is 0 Å². The van der Waals surface area contributed by atoms with Crippen molar-refractivity contribution in [2.75, 3.05) is 6.54 Å². The van der Waals surface area contributed by atoms with Crippen molar-refractivity contribution in [2.24, 2.45) is 23.2 Å². The summed E-state index contributed by atoms with van der Waals surface area (Å²) >= 11 is 0. The first kappa shape index (κ1) is 15.6. The lowest BCUT2D eigenvalue weighted by Crippen LogP contribution is -2.55. The standard InChI is InChI=1S/C17H28F3N/c1-2-21-15(4-3-5-17(18,19)20)16-9-12-6-13(10-16)8-14(7-12)11-16/h12-15,21H,2-11H2,1H3. The van der Waals surface area contributed by atoms with E-state index in [9.17, 15) is 13.2 Å². The third-order valence-electron chi connectivity index (χ3n) is 6.23. The Bertz CT molecular complexity index is 328. The summed E-state index contributed by atoms with van der Waals surface area (Å²) in [6.45, 7) is 2.95. The molecule has 0 aromatic heterocycles. The van der Waals surface area contributed by atoms with Crippen molar-refractivity contribution >= 4 is 0 Å². The summed E-state index contributed by atoms with van der Waals surface area (Å²) in [5.74, 6) is 2.58. The first-order chi connectivity index (χ1) is 9.90. The molecule has 4 rings (SSSR count). The molecule has 0 aromatic rings. The number of alkyl halides is 3. The Labute approximate surface area is 126 Å². The van der Waals surface area contributed by atoms with Crippen molar-refractivity contribution in [1.29, 1.82) is 0 Å². The van der Waals surface area contributed by atoms with Gasteiger partial charge in [0.15, 0.2) is 0 Å². The molecule has 1 nitrogen and oxygen atoms in total. The van der Waals surface area contributed by atoms with E-state index in [4.69, 9.17) is 0 Å². The number of rotatable bonds is 6. The fourth-order valence-electron chi connectivity index (χ4n) is 5.98. The molecule has 0 radical (unpaired) electrons. The van der Waals surface area contributed by atoms with Gasteiger partial charge in [0.1, 0.15) is 0 Å². The molecule has 122 valence electrons. The van der Waals surface area contributed by atoms with Crippen LogP contribution < -0.4 is 5.32 Å². The highest BCUT2D eigenvalue weighted by atomic mass is 19.4. The van der Waals surface area contributed by atoms with Crippen LogP contribution in [0.15, 0.2) is 0 Å². The van der Waals surface area contributed by atoms with Crippen LogP contribution >= 0.6 is 0 Å². The molecule has 4 aliphatic rings. The smallest absolute Gasteiger partial charge is 0.314 e. The number of halogens is 3. The van der Waals surface area contributed by atoms with Gasteiger partial charge in [-0.05, 0) is 81.1 Å². The molecule has 0 spiro atoms. The Morgan fingerprint density at radius 2 is 1.57 bits per heavy atom. The number of hydrogen-bond acceptors (Lipinski definition) is 1. The Kier molecular flexibility index (Phi) is 4.28. The first-order valence-electron chi connectivity index (χ1n) is 8.70. The highest BCUT2D eigenvalue weighted by Crippen LogP contribution is 2.61. The van der Waals surface area contributed by atoms with Crippen molar-refractivity contribution in [3.05, 3.63) is 0 Å². The summed E-state index contributed by atoms with van der Waals surface area (Å²) in [4.78, 5) is 0. The van der Waals surface area contributed by atoms with E-state index in [1.165, 1.54) is 38.5 Å². The fraction of sp³-hybridized carbons (Fsp3) is 1.00. The summed E-state index contributed by atoms with van der Waals surface area (Å²) in [5, 5.41) is 3.56. The maximum atomic E-state index is 12.4. The van der Waals surface area contributed by atoms with Gasteiger partial charge in [-0.25, -0.2) is 0 Å². The van der Waals surface area contributed by atoms with Gasteiger partial charge >= 0.3 is 6.18 Å². The third kappa shape index (κ3) is 3.40. The van der Waals surface area contributed by atoms with Crippen LogP contribution in [0.2, 0.25) is 0 Å². The summed E-state index contributed by atoms with van der Waals surface area (Å²) in [6.07, 6.45) is 4.32. The minimum absolute atomic E-state index is 0.281. The van der Waals surface area contributed by atoms with E-state index in [1.54, 1.807) is 0 Å². The molecule has 1 atom stereocenters. The second kappa shape index (κ2) is 5.75. The molecule has 4 saturated carbocycles. The van der Waals surface area contributed by atoms with E-state index < -0.39 is 12.6 Å². The van der Waals surface area contributed by atoms with Gasteiger partial charge in [-0.2, -0.15) is 13.2 Å². The molecular weight excluding hydrogens is 275 g/mol. The van der Waals surface area contributed by atoms with Crippen LogP contribution in [-0.2, 0) is 0 Å². The molecule has 0 heterocycles. The van der Waals surface area contributed by atoms with Gasteiger partial charge in [0.2, 0.25) is 0 Å². The summed E-state index contributed by atoms with van der Waals surface area (Å²) < 4.78 is 37.3. The molecular formula is C17H28F3N. The van der Waals surface area contributed by atoms with Crippen LogP contribution in [0.5, 0.6) is 0 Å². The van der Waals surface area contributed by atoms with Crippen LogP contribution in [-0.4, -0.2) is 18.8 Å². The molecule has 4 aliphatic carbocycles. The molecule has 0 amide bonds. The monoisotopic (exact) mass is 303 g/mol. The molecule has 1 unspecified atom stereocenters. The third-order valence-corrected chi connectivity index (χ3v) is 6.23. The van der Waals surface area contributed by atoms with Crippen LogP contribution in [0, 0.1) is 23.2 Å². The Morgan fingerprint density at radius 3 is 2.00 bits per heavy atom. The quantitative estimate of drug-likeness (QED) is 0.735. The van der Waals surface area contributed by atoms with Crippen molar-refractivity contribution in [2.45, 2.75) is 76.9 Å². The minimum Gasteiger partial charge on any atom is -0.314 e. The molecule has 4 heteroatoms. The molecule has 4 bridgehead atoms. The zero-order valence-corrected chi connectivity index (χ0v) is 13.0. The summed E-state index contributed by atoms with van der Waals surface area (Å²) in [7, 11) is 0. The van der Waals surface area contributed by atoms with E-state index in [0.29, 0.717) is 17.9 Å². The van der Waals surface area contributed by atoms with Gasteiger partial charge in [-0.1, -0.05) is 6.92 Å². The molecule has 21 heavy (non-hydrogen) atoms. The lowest BCUT2D eigenvalue weighted by Gasteiger charge is -2.59. The molecule has 1 N–H and O–H groups in total. The van der Waals surface area contributed by atoms with Crippen molar-refractivity contribution in [3.8, 4) is 0 Å². The van der Waals surface area contributed by atoms with Gasteiger partial charge in [0.05, 0.1) is 0 Å². The van der Waals surface area contributed by atoms with Gasteiger partial charge in [0.25, 0.3) is 0 Å². The van der Waals surface area contributed by atoms with Gasteiger partial charge in [-0.3, -0.25) is 0 Å². The van der Waals surface area contributed by atoms with Crippen LogP contribution in [0.1, 0.15) is 64.7 Å². The largest absolute Gasteiger partial charge is 0.389 e. The number of hydrogen-bond donors (Lipinski definition) is 1. The summed E-state index contributed by atoms with van der Waals surface area (Å²) in [6, 6.07) is 0.304. The van der Waals surface area contributed by atoms with Gasteiger partial charge in [-0.15, -0.1) is 0 Å². The number of nitrogens with one attached hydrogen (secondary N) is 1. The predicted molar refractivity (Wildman–Crippen MR) is 78.0 cm³/mol. The zero-order valence-electron chi connectivity index (χ0n) is 13.0.